The number of hydrogen-bond donors (Lipinski definition) is 2. The first-order valence-corrected chi connectivity index (χ1v) is 10.0. The van der Waals surface area contributed by atoms with E-state index in [0.29, 0.717) is 11.4 Å². The molecule has 7 heteroatoms. The van der Waals surface area contributed by atoms with Crippen LogP contribution in [0, 0.1) is 0 Å². The Kier molecular flexibility index (Phi) is 7.34. The van der Waals surface area contributed by atoms with E-state index in [-0.39, 0.29) is 18.1 Å². The summed E-state index contributed by atoms with van der Waals surface area (Å²) < 4.78 is 5.22. The van der Waals surface area contributed by atoms with Gasteiger partial charge in [0.1, 0.15) is 0 Å². The van der Waals surface area contributed by atoms with Gasteiger partial charge in [0.2, 0.25) is 5.91 Å². The summed E-state index contributed by atoms with van der Waals surface area (Å²) in [6.45, 7) is 6.83. The molecule has 0 aliphatic carbocycles. The van der Waals surface area contributed by atoms with Gasteiger partial charge in [-0.15, -0.1) is 0 Å². The number of rotatable bonds is 9. The number of anilines is 1. The maximum absolute atomic E-state index is 12.3. The van der Waals surface area contributed by atoms with Crippen LogP contribution < -0.4 is 10.6 Å². The van der Waals surface area contributed by atoms with Crippen LogP contribution in [0.2, 0.25) is 0 Å². The average molecular weight is 406 g/mol. The van der Waals surface area contributed by atoms with Gasteiger partial charge in [-0.05, 0) is 30.8 Å². The van der Waals surface area contributed by atoms with E-state index < -0.39 is 5.91 Å². The van der Waals surface area contributed by atoms with Crippen molar-refractivity contribution in [1.29, 1.82) is 0 Å². The standard InChI is InChI=1S/C23H26N4O3/c1-3-27(4-2)16-17-9-8-12-19(13-17)25-22(28)15-24-23(29)20-14-21(30-26-20)18-10-6-5-7-11-18/h5-14H,3-4,15-16H2,1-2H3,(H,24,29)(H,25,28). The highest BCUT2D eigenvalue weighted by molar-refractivity contribution is 5.98. The zero-order valence-electron chi connectivity index (χ0n) is 17.2. The molecule has 0 radical (unpaired) electrons. The number of carbonyl (C=O) groups is 2. The van der Waals surface area contributed by atoms with E-state index in [1.807, 2.05) is 54.6 Å². The Balaban J connectivity index is 1.52. The molecule has 1 aromatic heterocycles. The molecule has 0 saturated carbocycles. The van der Waals surface area contributed by atoms with Gasteiger partial charge >= 0.3 is 0 Å². The van der Waals surface area contributed by atoms with Crippen molar-refractivity contribution in [1.82, 2.24) is 15.4 Å². The summed E-state index contributed by atoms with van der Waals surface area (Å²) in [4.78, 5) is 26.8. The number of hydrogen-bond acceptors (Lipinski definition) is 5. The topological polar surface area (TPSA) is 87.5 Å². The van der Waals surface area contributed by atoms with Gasteiger partial charge in [0.15, 0.2) is 11.5 Å². The van der Waals surface area contributed by atoms with Gasteiger partial charge in [0.05, 0.1) is 6.54 Å². The molecule has 2 amide bonds. The molecule has 3 rings (SSSR count). The predicted molar refractivity (Wildman–Crippen MR) is 116 cm³/mol. The lowest BCUT2D eigenvalue weighted by molar-refractivity contribution is -0.115. The highest BCUT2D eigenvalue weighted by Crippen LogP contribution is 2.19. The van der Waals surface area contributed by atoms with E-state index in [1.165, 1.54) is 0 Å². The van der Waals surface area contributed by atoms with Crippen molar-refractivity contribution in [3.8, 4) is 11.3 Å². The molecule has 156 valence electrons. The first-order chi connectivity index (χ1) is 14.6. The SMILES string of the molecule is CCN(CC)Cc1cccc(NC(=O)CNC(=O)c2cc(-c3ccccc3)on2)c1. The van der Waals surface area contributed by atoms with Crippen LogP contribution in [0.4, 0.5) is 5.69 Å². The second kappa shape index (κ2) is 10.4. The fraction of sp³-hybridized carbons (Fsp3) is 0.261. The molecule has 30 heavy (non-hydrogen) atoms. The normalized spacial score (nSPS) is 10.8. The number of benzene rings is 2. The smallest absolute Gasteiger partial charge is 0.273 e. The molecule has 2 N–H and O–H groups in total. The van der Waals surface area contributed by atoms with E-state index in [4.69, 9.17) is 4.52 Å². The van der Waals surface area contributed by atoms with Crippen molar-refractivity contribution < 1.29 is 14.1 Å². The third-order valence-corrected chi connectivity index (χ3v) is 4.72. The van der Waals surface area contributed by atoms with Gasteiger partial charge in [0, 0.05) is 23.9 Å². The Labute approximate surface area is 176 Å². The number of aromatic nitrogens is 1. The quantitative estimate of drug-likeness (QED) is 0.567. The lowest BCUT2D eigenvalue weighted by atomic mass is 10.1. The molecule has 0 bridgehead atoms. The number of nitrogens with one attached hydrogen (secondary N) is 2. The highest BCUT2D eigenvalue weighted by Gasteiger charge is 2.14. The first kappa shape index (κ1) is 21.3. The molecule has 0 aliphatic heterocycles. The van der Waals surface area contributed by atoms with E-state index in [0.717, 1.165) is 30.8 Å². The predicted octanol–water partition coefficient (Wildman–Crippen LogP) is 3.55. The molecule has 0 spiro atoms. The van der Waals surface area contributed by atoms with E-state index in [1.54, 1.807) is 6.07 Å². The molecule has 0 saturated heterocycles. The molecule has 0 atom stereocenters. The van der Waals surface area contributed by atoms with Crippen LogP contribution in [-0.2, 0) is 11.3 Å². The van der Waals surface area contributed by atoms with E-state index >= 15 is 0 Å². The third kappa shape index (κ3) is 5.78. The summed E-state index contributed by atoms with van der Waals surface area (Å²) in [5.41, 5.74) is 2.78. The van der Waals surface area contributed by atoms with Crippen LogP contribution in [-0.4, -0.2) is 41.5 Å². The maximum atomic E-state index is 12.3. The lowest BCUT2D eigenvalue weighted by Crippen LogP contribution is -2.33. The summed E-state index contributed by atoms with van der Waals surface area (Å²) in [5.74, 6) is -0.281. The molecular formula is C23H26N4O3. The van der Waals surface area contributed by atoms with Crippen LogP contribution >= 0.6 is 0 Å². The van der Waals surface area contributed by atoms with E-state index in [9.17, 15) is 9.59 Å². The average Bonchev–Trinajstić information content (AvgIpc) is 3.27. The van der Waals surface area contributed by atoms with Crippen molar-refractivity contribution in [2.45, 2.75) is 20.4 Å². The van der Waals surface area contributed by atoms with Crippen LogP contribution in [0.3, 0.4) is 0 Å². The van der Waals surface area contributed by atoms with Gasteiger partial charge in [-0.2, -0.15) is 0 Å². The lowest BCUT2D eigenvalue weighted by Gasteiger charge is -2.18. The van der Waals surface area contributed by atoms with Crippen molar-refractivity contribution in [2.75, 3.05) is 25.0 Å². The molecule has 0 aliphatic rings. The Hall–Kier alpha value is -3.45. The third-order valence-electron chi connectivity index (χ3n) is 4.72. The first-order valence-electron chi connectivity index (χ1n) is 10.0. The monoisotopic (exact) mass is 406 g/mol. The Bertz CT molecular complexity index is 981. The van der Waals surface area contributed by atoms with Crippen molar-refractivity contribution in [3.05, 3.63) is 71.9 Å². The van der Waals surface area contributed by atoms with Gasteiger partial charge in [-0.25, -0.2) is 0 Å². The minimum atomic E-state index is -0.466. The fourth-order valence-corrected chi connectivity index (χ4v) is 3.03. The second-order valence-corrected chi connectivity index (χ2v) is 6.84. The number of amides is 2. The largest absolute Gasteiger partial charge is 0.355 e. The number of nitrogens with zero attached hydrogens (tertiary/aromatic N) is 2. The van der Waals surface area contributed by atoms with E-state index in [2.05, 4.69) is 34.5 Å². The van der Waals surface area contributed by atoms with Gasteiger partial charge < -0.3 is 15.2 Å². The van der Waals surface area contributed by atoms with Crippen LogP contribution in [0.1, 0.15) is 29.9 Å². The number of carbonyl (C=O) groups excluding carboxylic acids is 2. The fourth-order valence-electron chi connectivity index (χ4n) is 3.03. The van der Waals surface area contributed by atoms with Crippen molar-refractivity contribution in [3.63, 3.8) is 0 Å². The highest BCUT2D eigenvalue weighted by atomic mass is 16.5. The summed E-state index contributed by atoms with van der Waals surface area (Å²) in [6, 6.07) is 18.6. The molecule has 1 heterocycles. The summed E-state index contributed by atoms with van der Waals surface area (Å²) in [6.07, 6.45) is 0. The van der Waals surface area contributed by atoms with Crippen molar-refractivity contribution in [2.24, 2.45) is 0 Å². The molecule has 0 fully saturated rings. The molecule has 0 unspecified atom stereocenters. The Morgan fingerprint density at radius 2 is 1.77 bits per heavy atom. The zero-order chi connectivity index (χ0) is 21.3. The van der Waals surface area contributed by atoms with Gasteiger partial charge in [-0.3, -0.25) is 14.5 Å². The van der Waals surface area contributed by atoms with Crippen molar-refractivity contribution >= 4 is 17.5 Å². The molecule has 7 nitrogen and oxygen atoms in total. The van der Waals surface area contributed by atoms with Crippen LogP contribution in [0.15, 0.2) is 65.2 Å². The van der Waals surface area contributed by atoms with Crippen LogP contribution in [0.25, 0.3) is 11.3 Å². The minimum absolute atomic E-state index is 0.128. The zero-order valence-corrected chi connectivity index (χ0v) is 17.2. The summed E-state index contributed by atoms with van der Waals surface area (Å²) in [5, 5.41) is 9.17. The second-order valence-electron chi connectivity index (χ2n) is 6.84. The summed E-state index contributed by atoms with van der Waals surface area (Å²) >= 11 is 0. The molecule has 2 aromatic carbocycles. The van der Waals surface area contributed by atoms with Gasteiger partial charge in [-0.1, -0.05) is 61.5 Å². The minimum Gasteiger partial charge on any atom is -0.355 e. The maximum Gasteiger partial charge on any atom is 0.273 e. The molecular weight excluding hydrogens is 380 g/mol. The van der Waals surface area contributed by atoms with Crippen LogP contribution in [0.5, 0.6) is 0 Å². The Morgan fingerprint density at radius 1 is 1.00 bits per heavy atom. The molecule has 3 aromatic rings. The Morgan fingerprint density at radius 3 is 2.50 bits per heavy atom. The van der Waals surface area contributed by atoms with Gasteiger partial charge in [0.25, 0.3) is 5.91 Å². The summed E-state index contributed by atoms with van der Waals surface area (Å²) in [7, 11) is 0.